The fraction of sp³-hybridized carbons (Fsp3) is 0.0455. The van der Waals surface area contributed by atoms with Gasteiger partial charge in [-0.2, -0.15) is 5.10 Å². The number of rotatable bonds is 5. The molecule has 0 aliphatic heterocycles. The molecule has 146 valence electrons. The molecule has 3 rings (SSSR count). The lowest BCUT2D eigenvalue weighted by molar-refractivity contribution is 0.0733. The molecule has 0 heterocycles. The molecule has 0 saturated carbocycles. The Morgan fingerprint density at radius 3 is 2.52 bits per heavy atom. The highest BCUT2D eigenvalue weighted by atomic mass is 79.9. The highest BCUT2D eigenvalue weighted by molar-refractivity contribution is 9.10. The number of ether oxygens (including phenoxy) is 1. The van der Waals surface area contributed by atoms with Crippen LogP contribution in [0.1, 0.15) is 31.8 Å². The lowest BCUT2D eigenvalue weighted by atomic mass is 10.1. The van der Waals surface area contributed by atoms with Crippen molar-refractivity contribution in [3.8, 4) is 5.75 Å². The highest BCUT2D eigenvalue weighted by Gasteiger charge is 2.13. The number of hydrazone groups is 1. The number of hydrogen-bond acceptors (Lipinski definition) is 4. The Bertz CT molecular complexity index is 1080. The van der Waals surface area contributed by atoms with Gasteiger partial charge in [-0.05, 0) is 61.0 Å². The van der Waals surface area contributed by atoms with Gasteiger partial charge < -0.3 is 4.74 Å². The van der Waals surface area contributed by atoms with Crippen molar-refractivity contribution in [3.63, 3.8) is 0 Å². The average Bonchev–Trinajstić information content (AvgIpc) is 2.70. The van der Waals surface area contributed by atoms with Crippen molar-refractivity contribution < 1.29 is 18.7 Å². The van der Waals surface area contributed by atoms with Gasteiger partial charge in [0.15, 0.2) is 0 Å². The van der Waals surface area contributed by atoms with Gasteiger partial charge in [-0.3, -0.25) is 4.79 Å². The fourth-order valence-corrected chi connectivity index (χ4v) is 2.87. The van der Waals surface area contributed by atoms with Crippen molar-refractivity contribution in [2.24, 2.45) is 5.10 Å². The van der Waals surface area contributed by atoms with Crippen LogP contribution < -0.4 is 10.2 Å². The van der Waals surface area contributed by atoms with Crippen LogP contribution in [0.2, 0.25) is 0 Å². The minimum atomic E-state index is -0.491. The molecule has 3 aromatic rings. The molecule has 0 aliphatic rings. The summed E-state index contributed by atoms with van der Waals surface area (Å²) >= 11 is 3.36. The number of nitrogens with one attached hydrogen (secondary N) is 1. The Morgan fingerprint density at radius 1 is 1.07 bits per heavy atom. The fourth-order valence-electron chi connectivity index (χ4n) is 2.50. The Morgan fingerprint density at radius 2 is 1.79 bits per heavy atom. The third-order valence-corrected chi connectivity index (χ3v) is 4.51. The lowest BCUT2D eigenvalue weighted by Gasteiger charge is -2.09. The first-order chi connectivity index (χ1) is 13.9. The van der Waals surface area contributed by atoms with E-state index in [0.29, 0.717) is 16.9 Å². The number of aryl methyl sites for hydroxylation is 1. The second-order valence-corrected chi connectivity index (χ2v) is 7.01. The van der Waals surface area contributed by atoms with E-state index in [1.54, 1.807) is 30.3 Å². The Balaban J connectivity index is 1.75. The maximum atomic E-state index is 13.0. The van der Waals surface area contributed by atoms with E-state index in [1.165, 1.54) is 30.5 Å². The van der Waals surface area contributed by atoms with E-state index in [4.69, 9.17) is 4.74 Å². The van der Waals surface area contributed by atoms with Gasteiger partial charge in [0.2, 0.25) is 0 Å². The van der Waals surface area contributed by atoms with Crippen LogP contribution in [0.4, 0.5) is 4.39 Å². The van der Waals surface area contributed by atoms with Crippen LogP contribution in [0, 0.1) is 12.7 Å². The zero-order chi connectivity index (χ0) is 20.8. The zero-order valence-electron chi connectivity index (χ0n) is 15.4. The van der Waals surface area contributed by atoms with Gasteiger partial charge in [0.25, 0.3) is 5.91 Å². The number of nitrogens with zero attached hydrogens (tertiary/aromatic N) is 1. The van der Waals surface area contributed by atoms with E-state index < -0.39 is 17.7 Å². The first-order valence-corrected chi connectivity index (χ1v) is 9.39. The number of hydrogen-bond donors (Lipinski definition) is 1. The Hall–Kier alpha value is -3.32. The van der Waals surface area contributed by atoms with Crippen LogP contribution in [-0.4, -0.2) is 18.1 Å². The summed E-state index contributed by atoms with van der Waals surface area (Å²) in [5.74, 6) is -1.12. The van der Waals surface area contributed by atoms with Gasteiger partial charge in [0.05, 0.1) is 11.8 Å². The summed E-state index contributed by atoms with van der Waals surface area (Å²) in [6, 6.07) is 17.3. The van der Waals surface area contributed by atoms with Gasteiger partial charge in [-0.15, -0.1) is 0 Å². The van der Waals surface area contributed by atoms with E-state index >= 15 is 0 Å². The predicted octanol–water partition coefficient (Wildman–Crippen LogP) is 4.88. The van der Waals surface area contributed by atoms with Crippen LogP contribution >= 0.6 is 15.9 Å². The van der Waals surface area contributed by atoms with E-state index in [-0.39, 0.29) is 5.56 Å². The summed E-state index contributed by atoms with van der Waals surface area (Å²) in [5, 5.41) is 3.91. The van der Waals surface area contributed by atoms with Crippen LogP contribution in [0.3, 0.4) is 0 Å². The molecule has 0 radical (unpaired) electrons. The molecule has 0 atom stereocenters. The standard InChI is InChI=1S/C22H16BrFN2O3/c1-14-4-2-3-5-19(14)22(28)29-20-11-8-17(23)12-16(20)13-25-26-21(27)15-6-9-18(24)10-7-15/h2-13H,1H3,(H,26,27). The Kier molecular flexibility index (Phi) is 6.51. The van der Waals surface area contributed by atoms with Crippen molar-refractivity contribution in [1.82, 2.24) is 5.43 Å². The molecule has 0 fully saturated rings. The number of amides is 1. The third-order valence-electron chi connectivity index (χ3n) is 4.02. The van der Waals surface area contributed by atoms with Crippen LogP contribution in [0.5, 0.6) is 5.75 Å². The topological polar surface area (TPSA) is 67.8 Å². The third kappa shape index (κ3) is 5.36. The number of halogens is 2. The number of carbonyl (C=O) groups is 2. The summed E-state index contributed by atoms with van der Waals surface area (Å²) in [6.07, 6.45) is 1.37. The van der Waals surface area contributed by atoms with Crippen molar-refractivity contribution in [2.45, 2.75) is 6.92 Å². The summed E-state index contributed by atoms with van der Waals surface area (Å²) in [6.45, 7) is 1.82. The normalized spacial score (nSPS) is 10.7. The molecule has 0 spiro atoms. The van der Waals surface area contributed by atoms with Crippen molar-refractivity contribution in [2.75, 3.05) is 0 Å². The summed E-state index contributed by atoms with van der Waals surface area (Å²) < 4.78 is 19.2. The molecule has 3 aromatic carbocycles. The minimum absolute atomic E-state index is 0.268. The van der Waals surface area contributed by atoms with Gasteiger partial charge >= 0.3 is 5.97 Å². The molecular weight excluding hydrogens is 439 g/mol. The summed E-state index contributed by atoms with van der Waals surface area (Å²) in [4.78, 5) is 24.5. The van der Waals surface area contributed by atoms with Crippen molar-refractivity contribution >= 4 is 34.0 Å². The van der Waals surface area contributed by atoms with Gasteiger partial charge in [0.1, 0.15) is 11.6 Å². The summed E-state index contributed by atoms with van der Waals surface area (Å²) in [7, 11) is 0. The lowest BCUT2D eigenvalue weighted by Crippen LogP contribution is -2.17. The molecule has 7 heteroatoms. The number of esters is 1. The van der Waals surface area contributed by atoms with E-state index in [0.717, 1.165) is 10.0 Å². The molecule has 1 amide bonds. The SMILES string of the molecule is Cc1ccccc1C(=O)Oc1ccc(Br)cc1C=NNC(=O)c1ccc(F)cc1. The number of benzene rings is 3. The first kappa shape index (κ1) is 20.4. The van der Waals surface area contributed by atoms with Crippen LogP contribution in [0.15, 0.2) is 76.3 Å². The molecular formula is C22H16BrFN2O3. The molecule has 0 saturated heterocycles. The molecule has 0 aliphatic carbocycles. The molecule has 29 heavy (non-hydrogen) atoms. The maximum Gasteiger partial charge on any atom is 0.343 e. The van der Waals surface area contributed by atoms with Gasteiger partial charge in [0, 0.05) is 15.6 Å². The first-order valence-electron chi connectivity index (χ1n) is 8.60. The second kappa shape index (κ2) is 9.25. The highest BCUT2D eigenvalue weighted by Crippen LogP contribution is 2.23. The smallest absolute Gasteiger partial charge is 0.343 e. The van der Waals surface area contributed by atoms with Crippen LogP contribution in [0.25, 0.3) is 0 Å². The van der Waals surface area contributed by atoms with Crippen molar-refractivity contribution in [3.05, 3.63) is 99.3 Å². The van der Waals surface area contributed by atoms with Gasteiger partial charge in [-0.25, -0.2) is 14.6 Å². The number of carbonyl (C=O) groups excluding carboxylic acids is 2. The summed E-state index contributed by atoms with van der Waals surface area (Å²) in [5.41, 5.74) is 4.38. The average molecular weight is 455 g/mol. The molecule has 0 unspecified atom stereocenters. The van der Waals surface area contributed by atoms with E-state index in [9.17, 15) is 14.0 Å². The largest absolute Gasteiger partial charge is 0.422 e. The maximum absolute atomic E-state index is 13.0. The molecule has 5 nitrogen and oxygen atoms in total. The van der Waals surface area contributed by atoms with Crippen LogP contribution in [-0.2, 0) is 0 Å². The van der Waals surface area contributed by atoms with Gasteiger partial charge in [-0.1, -0.05) is 34.1 Å². The predicted molar refractivity (Wildman–Crippen MR) is 112 cm³/mol. The van der Waals surface area contributed by atoms with E-state index in [1.807, 2.05) is 19.1 Å². The molecule has 0 aromatic heterocycles. The Labute approximate surface area is 175 Å². The second-order valence-electron chi connectivity index (χ2n) is 6.09. The molecule has 0 bridgehead atoms. The quantitative estimate of drug-likeness (QED) is 0.258. The van der Waals surface area contributed by atoms with Crippen molar-refractivity contribution in [1.29, 1.82) is 0 Å². The monoisotopic (exact) mass is 454 g/mol. The zero-order valence-corrected chi connectivity index (χ0v) is 16.9. The van der Waals surface area contributed by atoms with E-state index in [2.05, 4.69) is 26.5 Å². The minimum Gasteiger partial charge on any atom is -0.422 e. The molecule has 1 N–H and O–H groups in total.